The number of nitrogens with one attached hydrogen (secondary N) is 1. The summed E-state index contributed by atoms with van der Waals surface area (Å²) in [4.78, 5) is 25.3. The number of carbonyl (C=O) groups excluding carboxylic acids is 1. The fourth-order valence-corrected chi connectivity index (χ4v) is 4.81. The zero-order chi connectivity index (χ0) is 20.4. The van der Waals surface area contributed by atoms with E-state index in [1.54, 1.807) is 10.4 Å². The molecule has 2 aliphatic heterocycles. The van der Waals surface area contributed by atoms with E-state index in [0.29, 0.717) is 19.0 Å². The van der Waals surface area contributed by atoms with Crippen molar-refractivity contribution in [2.75, 3.05) is 19.6 Å². The third-order valence-corrected chi connectivity index (χ3v) is 6.30. The lowest BCUT2D eigenvalue weighted by Crippen LogP contribution is -2.57. The Bertz CT molecular complexity index is 814. The molecule has 29 heavy (non-hydrogen) atoms. The number of amides is 2. The van der Waals surface area contributed by atoms with Gasteiger partial charge in [-0.1, -0.05) is 12.1 Å². The number of nitrogens with zero attached hydrogens (tertiary/aromatic N) is 4. The molecule has 2 aromatic heterocycles. The first-order valence-corrected chi connectivity index (χ1v) is 10.4. The van der Waals surface area contributed by atoms with Crippen molar-refractivity contribution in [3.05, 3.63) is 59.2 Å². The molecule has 0 bridgehead atoms. The van der Waals surface area contributed by atoms with Gasteiger partial charge in [0.1, 0.15) is 0 Å². The van der Waals surface area contributed by atoms with Crippen molar-refractivity contribution in [1.82, 2.24) is 25.2 Å². The normalized spacial score (nSPS) is 22.9. The van der Waals surface area contributed by atoms with Gasteiger partial charge in [0, 0.05) is 37.9 Å². The smallest absolute Gasteiger partial charge is 0.322 e. The third-order valence-electron chi connectivity index (χ3n) is 6.30. The van der Waals surface area contributed by atoms with Crippen LogP contribution in [0.5, 0.6) is 0 Å². The van der Waals surface area contributed by atoms with Crippen LogP contribution < -0.4 is 5.48 Å². The predicted octanol–water partition coefficient (Wildman–Crippen LogP) is 3.39. The molecule has 2 fully saturated rings. The molecule has 2 unspecified atom stereocenters. The Labute approximate surface area is 171 Å². The van der Waals surface area contributed by atoms with Crippen molar-refractivity contribution in [3.8, 4) is 0 Å². The topological polar surface area (TPSA) is 81.6 Å². The van der Waals surface area contributed by atoms with Gasteiger partial charge in [0.05, 0.1) is 23.5 Å². The Morgan fingerprint density at radius 3 is 2.10 bits per heavy atom. The lowest BCUT2D eigenvalue weighted by Gasteiger charge is -2.47. The van der Waals surface area contributed by atoms with E-state index < -0.39 is 6.03 Å². The lowest BCUT2D eigenvalue weighted by molar-refractivity contribution is 0.0154. The second-order valence-corrected chi connectivity index (χ2v) is 8.26. The highest BCUT2D eigenvalue weighted by Gasteiger charge is 2.39. The molecule has 0 aliphatic carbocycles. The summed E-state index contributed by atoms with van der Waals surface area (Å²) in [6, 6.07) is 8.32. The molecule has 2 amide bonds. The molecule has 2 aliphatic rings. The number of hydroxylamine groups is 1. The maximum atomic E-state index is 11.6. The van der Waals surface area contributed by atoms with Gasteiger partial charge in [-0.05, 0) is 56.4 Å². The molecule has 7 heteroatoms. The highest BCUT2D eigenvalue weighted by atomic mass is 16.5. The van der Waals surface area contributed by atoms with E-state index in [0.717, 1.165) is 37.2 Å². The standard InChI is InChI=1S/C22H29N5O2/c1-15-6-4-10-23-20(15)18-8-3-9-19(21-16(2)7-5-11-24-21)27(18)14-17-12-26(13-17)22(28)25-29/h4-7,10-11,17-19,29H,3,8-9,12-14H2,1-2H3,(H,25,28). The van der Waals surface area contributed by atoms with E-state index in [1.165, 1.54) is 11.1 Å². The first-order valence-electron chi connectivity index (χ1n) is 10.4. The van der Waals surface area contributed by atoms with Crippen LogP contribution in [0.25, 0.3) is 0 Å². The summed E-state index contributed by atoms with van der Waals surface area (Å²) in [7, 11) is 0. The quantitative estimate of drug-likeness (QED) is 0.613. The van der Waals surface area contributed by atoms with E-state index in [4.69, 9.17) is 15.2 Å². The van der Waals surface area contributed by atoms with Crippen molar-refractivity contribution >= 4 is 6.03 Å². The highest BCUT2D eigenvalue weighted by Crippen LogP contribution is 2.43. The SMILES string of the molecule is Cc1cccnc1C1CCCC(c2ncccc2C)N1CC1CN(C(=O)NO)C1. The number of hydrogen-bond acceptors (Lipinski definition) is 5. The average Bonchev–Trinajstić information content (AvgIpc) is 2.71. The Balaban J connectivity index is 1.62. The van der Waals surface area contributed by atoms with Crippen LogP contribution in [0, 0.1) is 19.8 Å². The third kappa shape index (κ3) is 3.97. The summed E-state index contributed by atoms with van der Waals surface area (Å²) >= 11 is 0. The van der Waals surface area contributed by atoms with Gasteiger partial charge in [0.15, 0.2) is 0 Å². The Morgan fingerprint density at radius 1 is 1.07 bits per heavy atom. The van der Waals surface area contributed by atoms with E-state index in [1.807, 2.05) is 24.5 Å². The van der Waals surface area contributed by atoms with Crippen molar-refractivity contribution in [2.24, 2.45) is 5.92 Å². The van der Waals surface area contributed by atoms with Gasteiger partial charge in [0.2, 0.25) is 0 Å². The number of urea groups is 1. The molecule has 4 rings (SSSR count). The number of aryl methyl sites for hydroxylation is 2. The summed E-state index contributed by atoms with van der Waals surface area (Å²) in [5.41, 5.74) is 6.46. The molecule has 4 heterocycles. The number of hydrogen-bond donors (Lipinski definition) is 2. The fourth-order valence-electron chi connectivity index (χ4n) is 4.81. The minimum atomic E-state index is -0.422. The molecule has 7 nitrogen and oxygen atoms in total. The number of piperidine rings is 1. The number of likely N-dealkylation sites (tertiary alicyclic amines) is 2. The van der Waals surface area contributed by atoms with Crippen LogP contribution >= 0.6 is 0 Å². The largest absolute Gasteiger partial charge is 0.341 e. The minimum Gasteiger partial charge on any atom is -0.322 e. The summed E-state index contributed by atoms with van der Waals surface area (Å²) in [6.07, 6.45) is 7.06. The molecule has 0 spiro atoms. The van der Waals surface area contributed by atoms with Gasteiger partial charge in [0.25, 0.3) is 0 Å². The van der Waals surface area contributed by atoms with E-state index in [9.17, 15) is 4.79 Å². The van der Waals surface area contributed by atoms with Gasteiger partial charge in [-0.25, -0.2) is 10.3 Å². The van der Waals surface area contributed by atoms with Crippen molar-refractivity contribution in [3.63, 3.8) is 0 Å². The number of carbonyl (C=O) groups is 1. The average molecular weight is 396 g/mol. The Morgan fingerprint density at radius 2 is 1.62 bits per heavy atom. The van der Waals surface area contributed by atoms with Gasteiger partial charge in [-0.2, -0.15) is 0 Å². The maximum Gasteiger partial charge on any atom is 0.341 e. The Hall–Kier alpha value is -2.51. The molecule has 0 aromatic carbocycles. The first kappa shape index (κ1) is 19.8. The number of pyridine rings is 2. The maximum absolute atomic E-state index is 11.6. The fraction of sp³-hybridized carbons (Fsp3) is 0.500. The number of rotatable bonds is 4. The van der Waals surface area contributed by atoms with E-state index in [2.05, 4.69) is 30.9 Å². The monoisotopic (exact) mass is 395 g/mol. The van der Waals surface area contributed by atoms with Crippen LogP contribution in [-0.2, 0) is 0 Å². The van der Waals surface area contributed by atoms with Gasteiger partial charge in [-0.15, -0.1) is 0 Å². The second-order valence-electron chi connectivity index (χ2n) is 8.26. The van der Waals surface area contributed by atoms with Crippen molar-refractivity contribution in [2.45, 2.75) is 45.2 Å². The first-order chi connectivity index (χ1) is 14.1. The molecule has 2 saturated heterocycles. The van der Waals surface area contributed by atoms with Gasteiger partial charge < -0.3 is 4.90 Å². The molecule has 2 N–H and O–H groups in total. The van der Waals surface area contributed by atoms with Crippen LogP contribution in [0.15, 0.2) is 36.7 Å². The Kier molecular flexibility index (Phi) is 5.78. The minimum absolute atomic E-state index is 0.247. The lowest BCUT2D eigenvalue weighted by atomic mass is 9.87. The second kappa shape index (κ2) is 8.47. The van der Waals surface area contributed by atoms with Crippen LogP contribution in [0.2, 0.25) is 0 Å². The molecule has 2 atom stereocenters. The van der Waals surface area contributed by atoms with E-state index in [-0.39, 0.29) is 12.1 Å². The van der Waals surface area contributed by atoms with Crippen LogP contribution in [0.1, 0.15) is 53.9 Å². The van der Waals surface area contributed by atoms with E-state index >= 15 is 0 Å². The molecule has 0 radical (unpaired) electrons. The molecule has 0 saturated carbocycles. The van der Waals surface area contributed by atoms with Crippen LogP contribution in [0.3, 0.4) is 0 Å². The van der Waals surface area contributed by atoms with Crippen LogP contribution in [-0.4, -0.2) is 50.6 Å². The number of aromatic nitrogens is 2. The van der Waals surface area contributed by atoms with Gasteiger partial charge >= 0.3 is 6.03 Å². The van der Waals surface area contributed by atoms with Crippen molar-refractivity contribution < 1.29 is 10.0 Å². The summed E-state index contributed by atoms with van der Waals surface area (Å²) in [5, 5.41) is 8.85. The summed E-state index contributed by atoms with van der Waals surface area (Å²) in [6.45, 7) is 6.46. The molecular formula is C22H29N5O2. The highest BCUT2D eigenvalue weighted by molar-refractivity contribution is 5.73. The summed E-state index contributed by atoms with van der Waals surface area (Å²) < 4.78 is 0. The molecular weight excluding hydrogens is 366 g/mol. The van der Waals surface area contributed by atoms with Crippen molar-refractivity contribution in [1.29, 1.82) is 0 Å². The summed E-state index contributed by atoms with van der Waals surface area (Å²) in [5.74, 6) is 0.378. The van der Waals surface area contributed by atoms with Crippen LogP contribution in [0.4, 0.5) is 4.79 Å². The molecule has 154 valence electrons. The van der Waals surface area contributed by atoms with Gasteiger partial charge in [-0.3, -0.25) is 20.1 Å². The molecule has 2 aromatic rings. The zero-order valence-electron chi connectivity index (χ0n) is 17.1. The predicted molar refractivity (Wildman–Crippen MR) is 109 cm³/mol. The zero-order valence-corrected chi connectivity index (χ0v) is 17.1.